The second-order valence-electron chi connectivity index (χ2n) is 7.30. The maximum atomic E-state index is 12.5. The van der Waals surface area contributed by atoms with Crippen molar-refractivity contribution < 1.29 is 4.79 Å². The lowest BCUT2D eigenvalue weighted by molar-refractivity contribution is -0.116. The van der Waals surface area contributed by atoms with Gasteiger partial charge in [0.2, 0.25) is 5.91 Å². The first-order valence-electron chi connectivity index (χ1n) is 8.46. The van der Waals surface area contributed by atoms with Gasteiger partial charge in [-0.2, -0.15) is 0 Å². The van der Waals surface area contributed by atoms with Crippen LogP contribution in [0.5, 0.6) is 0 Å². The summed E-state index contributed by atoms with van der Waals surface area (Å²) in [6.07, 6.45) is 1.69. The Morgan fingerprint density at radius 1 is 1.31 bits per heavy atom. The second kappa shape index (κ2) is 6.99. The molecule has 0 fully saturated rings. The minimum absolute atomic E-state index is 0.0539. The molecule has 0 unspecified atom stereocenters. The van der Waals surface area contributed by atoms with Gasteiger partial charge in [0.25, 0.3) is 5.56 Å². The molecule has 7 heteroatoms. The van der Waals surface area contributed by atoms with E-state index in [1.807, 2.05) is 24.4 Å². The van der Waals surface area contributed by atoms with Crippen molar-refractivity contribution in [2.75, 3.05) is 5.32 Å². The predicted molar refractivity (Wildman–Crippen MR) is 105 cm³/mol. The van der Waals surface area contributed by atoms with Gasteiger partial charge >= 0.3 is 0 Å². The van der Waals surface area contributed by atoms with Crippen LogP contribution in [0.25, 0.3) is 10.9 Å². The molecule has 2 heterocycles. The van der Waals surface area contributed by atoms with Crippen LogP contribution in [-0.4, -0.2) is 20.4 Å². The van der Waals surface area contributed by atoms with Crippen LogP contribution in [0.15, 0.2) is 34.7 Å². The number of rotatable bonds is 4. The summed E-state index contributed by atoms with van der Waals surface area (Å²) in [6.45, 7) is 8.43. The van der Waals surface area contributed by atoms with Crippen molar-refractivity contribution in [3.05, 3.63) is 51.5 Å². The molecule has 0 saturated carbocycles. The number of benzene rings is 1. The summed E-state index contributed by atoms with van der Waals surface area (Å²) in [5.74, 6) is -0.170. The van der Waals surface area contributed by atoms with E-state index in [2.05, 4.69) is 36.1 Å². The topological polar surface area (TPSA) is 76.9 Å². The first kappa shape index (κ1) is 18.3. The monoisotopic (exact) mass is 370 g/mol. The number of nitrogens with one attached hydrogen (secondary N) is 1. The van der Waals surface area contributed by atoms with Crippen LogP contribution in [0.4, 0.5) is 5.13 Å². The molecule has 0 atom stereocenters. The lowest BCUT2D eigenvalue weighted by atomic mass is 9.93. The van der Waals surface area contributed by atoms with E-state index in [1.54, 1.807) is 6.07 Å². The van der Waals surface area contributed by atoms with E-state index in [9.17, 15) is 9.59 Å². The standard InChI is InChI=1S/C19H22N4O2S/c1-12-6-5-7-13-16(12)20-11-23(17(13)25)9-8-15(24)22-18-21-14(10-26-18)19(2,3)4/h5-7,10-11H,8-9H2,1-4H3,(H,21,22,24). The normalized spacial score (nSPS) is 11.7. The smallest absolute Gasteiger partial charge is 0.261 e. The number of carbonyl (C=O) groups excluding carboxylic acids is 1. The number of fused-ring (bicyclic) bond motifs is 1. The summed E-state index contributed by atoms with van der Waals surface area (Å²) in [5, 5.41) is 5.91. The molecule has 0 bridgehead atoms. The molecule has 1 N–H and O–H groups in total. The van der Waals surface area contributed by atoms with Crippen LogP contribution >= 0.6 is 11.3 Å². The van der Waals surface area contributed by atoms with Crippen molar-refractivity contribution in [2.24, 2.45) is 0 Å². The molecule has 1 aromatic carbocycles. The summed E-state index contributed by atoms with van der Waals surface area (Å²) < 4.78 is 1.48. The van der Waals surface area contributed by atoms with Gasteiger partial charge in [-0.25, -0.2) is 9.97 Å². The Hall–Kier alpha value is -2.54. The number of aryl methyl sites for hydroxylation is 2. The van der Waals surface area contributed by atoms with E-state index >= 15 is 0 Å². The molecular formula is C19H22N4O2S. The maximum Gasteiger partial charge on any atom is 0.261 e. The van der Waals surface area contributed by atoms with Crippen molar-refractivity contribution in [3.8, 4) is 0 Å². The molecule has 0 saturated heterocycles. The predicted octanol–water partition coefficient (Wildman–Crippen LogP) is 3.49. The number of anilines is 1. The third-order valence-electron chi connectivity index (χ3n) is 4.15. The van der Waals surface area contributed by atoms with Crippen molar-refractivity contribution >= 4 is 33.3 Å². The van der Waals surface area contributed by atoms with Gasteiger partial charge in [-0.1, -0.05) is 32.9 Å². The van der Waals surface area contributed by atoms with Gasteiger partial charge in [0, 0.05) is 23.8 Å². The number of thiazole rings is 1. The average molecular weight is 370 g/mol. The van der Waals surface area contributed by atoms with Crippen molar-refractivity contribution in [1.82, 2.24) is 14.5 Å². The highest BCUT2D eigenvalue weighted by molar-refractivity contribution is 7.13. The van der Waals surface area contributed by atoms with E-state index in [-0.39, 0.29) is 29.8 Å². The fourth-order valence-electron chi connectivity index (χ4n) is 2.58. The average Bonchev–Trinajstić information content (AvgIpc) is 3.04. The molecule has 0 radical (unpaired) electrons. The molecule has 3 rings (SSSR count). The zero-order chi connectivity index (χ0) is 18.9. The van der Waals surface area contributed by atoms with Gasteiger partial charge < -0.3 is 5.32 Å². The molecule has 1 amide bonds. The van der Waals surface area contributed by atoms with E-state index in [0.717, 1.165) is 11.3 Å². The highest BCUT2D eigenvalue weighted by atomic mass is 32.1. The molecule has 0 aliphatic carbocycles. The Kier molecular flexibility index (Phi) is 4.91. The van der Waals surface area contributed by atoms with Crippen LogP contribution in [-0.2, 0) is 16.8 Å². The van der Waals surface area contributed by atoms with Crippen LogP contribution in [0.2, 0.25) is 0 Å². The summed E-state index contributed by atoms with van der Waals surface area (Å²) in [7, 11) is 0. The minimum Gasteiger partial charge on any atom is -0.302 e. The second-order valence-corrected chi connectivity index (χ2v) is 8.16. The number of amides is 1. The van der Waals surface area contributed by atoms with Gasteiger partial charge in [0.15, 0.2) is 5.13 Å². The lowest BCUT2D eigenvalue weighted by Gasteiger charge is -2.14. The van der Waals surface area contributed by atoms with Crippen LogP contribution in [0.3, 0.4) is 0 Å². The van der Waals surface area contributed by atoms with E-state index in [4.69, 9.17) is 0 Å². The number of hydrogen-bond acceptors (Lipinski definition) is 5. The number of hydrogen-bond donors (Lipinski definition) is 1. The van der Waals surface area contributed by atoms with Crippen molar-refractivity contribution in [2.45, 2.75) is 46.1 Å². The molecule has 26 heavy (non-hydrogen) atoms. The van der Waals surface area contributed by atoms with E-state index in [0.29, 0.717) is 16.0 Å². The Bertz CT molecular complexity index is 1010. The number of aromatic nitrogens is 3. The largest absolute Gasteiger partial charge is 0.302 e. The molecule has 6 nitrogen and oxygen atoms in total. The zero-order valence-corrected chi connectivity index (χ0v) is 16.2. The third kappa shape index (κ3) is 3.83. The quantitative estimate of drug-likeness (QED) is 0.763. The number of nitrogens with zero attached hydrogens (tertiary/aromatic N) is 3. The van der Waals surface area contributed by atoms with Gasteiger partial charge in [0.1, 0.15) is 0 Å². The summed E-state index contributed by atoms with van der Waals surface area (Å²) >= 11 is 1.41. The van der Waals surface area contributed by atoms with Crippen molar-refractivity contribution in [1.29, 1.82) is 0 Å². The fourth-order valence-corrected chi connectivity index (χ4v) is 3.53. The molecule has 2 aromatic heterocycles. The molecule has 0 spiro atoms. The molecule has 3 aromatic rings. The SMILES string of the molecule is Cc1cccc2c(=O)n(CCC(=O)Nc3nc(C(C)(C)C)cs3)cnc12. The van der Waals surface area contributed by atoms with E-state index in [1.165, 1.54) is 22.2 Å². The molecular weight excluding hydrogens is 348 g/mol. The minimum atomic E-state index is -0.170. The van der Waals surface area contributed by atoms with Crippen molar-refractivity contribution in [3.63, 3.8) is 0 Å². The zero-order valence-electron chi connectivity index (χ0n) is 15.4. The number of para-hydroxylation sites is 1. The Labute approximate surface area is 155 Å². The Morgan fingerprint density at radius 3 is 2.77 bits per heavy atom. The van der Waals surface area contributed by atoms with Crippen LogP contribution < -0.4 is 10.9 Å². The first-order valence-corrected chi connectivity index (χ1v) is 9.34. The molecule has 136 valence electrons. The van der Waals surface area contributed by atoms with Crippen LogP contribution in [0, 0.1) is 6.92 Å². The van der Waals surface area contributed by atoms with Crippen LogP contribution in [0.1, 0.15) is 38.4 Å². The lowest BCUT2D eigenvalue weighted by Crippen LogP contribution is -2.24. The summed E-state index contributed by atoms with van der Waals surface area (Å²) in [6, 6.07) is 5.53. The summed E-state index contributed by atoms with van der Waals surface area (Å²) in [5.41, 5.74) is 2.43. The maximum absolute atomic E-state index is 12.5. The summed E-state index contributed by atoms with van der Waals surface area (Å²) in [4.78, 5) is 33.5. The Balaban J connectivity index is 1.68. The van der Waals surface area contributed by atoms with Gasteiger partial charge in [-0.05, 0) is 18.6 Å². The van der Waals surface area contributed by atoms with E-state index < -0.39 is 0 Å². The molecule has 0 aliphatic heterocycles. The Morgan fingerprint density at radius 2 is 2.08 bits per heavy atom. The van der Waals surface area contributed by atoms with Gasteiger partial charge in [0.05, 0.1) is 22.9 Å². The molecule has 0 aliphatic rings. The fraction of sp³-hybridized carbons (Fsp3) is 0.368. The number of carbonyl (C=O) groups is 1. The third-order valence-corrected chi connectivity index (χ3v) is 4.91. The highest BCUT2D eigenvalue weighted by Crippen LogP contribution is 2.26. The van der Waals surface area contributed by atoms with Gasteiger partial charge in [-0.15, -0.1) is 11.3 Å². The van der Waals surface area contributed by atoms with Gasteiger partial charge in [-0.3, -0.25) is 14.2 Å². The first-order chi connectivity index (χ1) is 12.3. The highest BCUT2D eigenvalue weighted by Gasteiger charge is 2.18.